The summed E-state index contributed by atoms with van der Waals surface area (Å²) in [5.74, 6) is 1.41. The fourth-order valence-corrected chi connectivity index (χ4v) is 4.96. The third-order valence-electron chi connectivity index (χ3n) is 6.65. The van der Waals surface area contributed by atoms with E-state index in [0.29, 0.717) is 11.8 Å². The highest BCUT2D eigenvalue weighted by atomic mass is 14.9. The van der Waals surface area contributed by atoms with Gasteiger partial charge in [-0.15, -0.1) is 0 Å². The zero-order valence-electron chi connectivity index (χ0n) is 18.2. The summed E-state index contributed by atoms with van der Waals surface area (Å²) in [4.78, 5) is 0. The van der Waals surface area contributed by atoms with E-state index in [1.54, 1.807) is 0 Å². The fraction of sp³-hybridized carbons (Fsp3) is 0.346. The van der Waals surface area contributed by atoms with Crippen LogP contribution in [0, 0.1) is 24.7 Å². The van der Waals surface area contributed by atoms with E-state index >= 15 is 0 Å². The molecule has 0 N–H and O–H groups in total. The Morgan fingerprint density at radius 3 is 2.41 bits per heavy atom. The van der Waals surface area contributed by atoms with Gasteiger partial charge in [0.2, 0.25) is 5.69 Å². The van der Waals surface area contributed by atoms with Crippen molar-refractivity contribution in [3.8, 4) is 22.4 Å². The van der Waals surface area contributed by atoms with Crippen LogP contribution in [0.15, 0.2) is 66.9 Å². The van der Waals surface area contributed by atoms with E-state index in [1.807, 2.05) is 12.1 Å². The third-order valence-corrected chi connectivity index (χ3v) is 6.65. The number of aryl methyl sites for hydroxylation is 2. The summed E-state index contributed by atoms with van der Waals surface area (Å²) in [7, 11) is 2.08. The van der Waals surface area contributed by atoms with E-state index in [0.717, 1.165) is 16.7 Å². The molecule has 3 aliphatic rings. The molecule has 1 aromatic heterocycles. The van der Waals surface area contributed by atoms with E-state index in [2.05, 4.69) is 73.3 Å². The summed E-state index contributed by atoms with van der Waals surface area (Å²) in [6, 6.07) is 21.0. The van der Waals surface area contributed by atoms with Crippen molar-refractivity contribution in [1.29, 1.82) is 0 Å². The molecule has 3 aliphatic carbocycles. The van der Waals surface area contributed by atoms with Gasteiger partial charge in [-0.2, -0.15) is 0 Å². The van der Waals surface area contributed by atoms with Gasteiger partial charge in [0.25, 0.3) is 0 Å². The molecule has 3 saturated carbocycles. The molecule has 27 heavy (non-hydrogen) atoms. The second-order valence-electron chi connectivity index (χ2n) is 8.31. The van der Waals surface area contributed by atoms with Gasteiger partial charge >= 0.3 is 0 Å². The number of rotatable bonds is 4. The molecule has 2 unspecified atom stereocenters. The summed E-state index contributed by atoms with van der Waals surface area (Å²) in [6.45, 7) is 2.15. The van der Waals surface area contributed by atoms with E-state index in [4.69, 9.17) is 2.74 Å². The summed E-state index contributed by atoms with van der Waals surface area (Å²) >= 11 is 0. The van der Waals surface area contributed by atoms with Crippen molar-refractivity contribution in [1.82, 2.24) is 0 Å². The number of benzene rings is 2. The molecular weight excluding hydrogens is 326 g/mol. The molecule has 0 aliphatic heterocycles. The van der Waals surface area contributed by atoms with Crippen molar-refractivity contribution in [2.45, 2.75) is 32.6 Å². The summed E-state index contributed by atoms with van der Waals surface area (Å²) in [6.07, 6.45) is 4.57. The van der Waals surface area contributed by atoms with Gasteiger partial charge in [0.05, 0.1) is 0 Å². The number of pyridine rings is 1. The molecule has 1 heterocycles. The Bertz CT molecular complexity index is 1040. The molecule has 6 rings (SSSR count). The maximum absolute atomic E-state index is 8.76. The van der Waals surface area contributed by atoms with Gasteiger partial charge in [0.15, 0.2) is 6.20 Å². The van der Waals surface area contributed by atoms with Crippen LogP contribution in [0.5, 0.6) is 0 Å². The first-order valence-electron chi connectivity index (χ1n) is 11.1. The third kappa shape index (κ3) is 3.00. The molecule has 0 amide bonds. The van der Waals surface area contributed by atoms with Crippen LogP contribution in [0.2, 0.25) is 0 Å². The van der Waals surface area contributed by atoms with Crippen LogP contribution in [-0.2, 0) is 13.4 Å². The van der Waals surface area contributed by atoms with Crippen LogP contribution in [0.1, 0.15) is 33.1 Å². The number of nitrogens with zero attached hydrogens (tertiary/aromatic N) is 1. The van der Waals surface area contributed by atoms with Crippen LogP contribution in [0.3, 0.4) is 0 Å². The van der Waals surface area contributed by atoms with Gasteiger partial charge in [0.1, 0.15) is 7.05 Å². The highest BCUT2D eigenvalue weighted by molar-refractivity contribution is 5.70. The molecule has 0 radical (unpaired) electrons. The quantitative estimate of drug-likeness (QED) is 0.525. The molecule has 3 aromatic rings. The molecule has 3 fully saturated rings. The molecular formula is C26H28N+. The topological polar surface area (TPSA) is 3.88 Å². The number of fused-ring (bicyclic) bond motifs is 1. The van der Waals surface area contributed by atoms with Crippen molar-refractivity contribution in [3.05, 3.63) is 78.0 Å². The molecule has 0 spiro atoms. The number of hydrogen-bond donors (Lipinski definition) is 0. The van der Waals surface area contributed by atoms with Crippen LogP contribution in [-0.4, -0.2) is 0 Å². The molecule has 1 heteroatoms. The van der Waals surface area contributed by atoms with E-state index in [1.165, 1.54) is 36.1 Å². The van der Waals surface area contributed by atoms with Gasteiger partial charge in [-0.25, -0.2) is 4.57 Å². The van der Waals surface area contributed by atoms with Crippen molar-refractivity contribution in [3.63, 3.8) is 0 Å². The predicted molar refractivity (Wildman–Crippen MR) is 111 cm³/mol. The Balaban J connectivity index is 1.46. The highest BCUT2D eigenvalue weighted by Crippen LogP contribution is 2.54. The largest absolute Gasteiger partial charge is 0.213 e. The molecule has 2 atom stereocenters. The minimum atomic E-state index is -1.21. The van der Waals surface area contributed by atoms with Gasteiger partial charge in [-0.05, 0) is 78.6 Å². The summed E-state index contributed by atoms with van der Waals surface area (Å²) < 4.78 is 19.7. The van der Waals surface area contributed by atoms with Gasteiger partial charge in [0, 0.05) is 20.4 Å². The van der Waals surface area contributed by atoms with Gasteiger partial charge in [-0.1, -0.05) is 42.5 Å². The lowest BCUT2D eigenvalue weighted by Gasteiger charge is -2.36. The Morgan fingerprint density at radius 1 is 0.963 bits per heavy atom. The van der Waals surface area contributed by atoms with Crippen LogP contribution in [0.25, 0.3) is 22.4 Å². The maximum atomic E-state index is 8.76. The van der Waals surface area contributed by atoms with Crippen LogP contribution >= 0.6 is 0 Å². The molecule has 136 valence electrons. The van der Waals surface area contributed by atoms with Crippen molar-refractivity contribution in [2.75, 3.05) is 0 Å². The first kappa shape index (κ1) is 14.6. The Morgan fingerprint density at radius 2 is 1.70 bits per heavy atom. The maximum Gasteiger partial charge on any atom is 0.213 e. The highest BCUT2D eigenvalue weighted by Gasteiger charge is 2.45. The average Bonchev–Trinajstić information content (AvgIpc) is 3.34. The number of hydrogen-bond acceptors (Lipinski definition) is 0. The van der Waals surface area contributed by atoms with E-state index in [9.17, 15) is 0 Å². The van der Waals surface area contributed by atoms with Crippen molar-refractivity contribution < 1.29 is 7.31 Å². The average molecular weight is 357 g/mol. The van der Waals surface area contributed by atoms with E-state index < -0.39 is 6.37 Å². The fourth-order valence-electron chi connectivity index (χ4n) is 4.96. The Kier molecular flexibility index (Phi) is 3.59. The summed E-state index contributed by atoms with van der Waals surface area (Å²) in [5.41, 5.74) is 6.83. The lowest BCUT2D eigenvalue weighted by atomic mass is 9.69. The normalized spacial score (nSPS) is 24.9. The van der Waals surface area contributed by atoms with Crippen LogP contribution < -0.4 is 4.57 Å². The Hall–Kier alpha value is -2.41. The minimum absolute atomic E-state index is 0.219. The van der Waals surface area contributed by atoms with E-state index in [-0.39, 0.29) is 5.92 Å². The van der Waals surface area contributed by atoms with Crippen molar-refractivity contribution >= 4 is 0 Å². The second-order valence-corrected chi connectivity index (χ2v) is 8.31. The molecule has 2 bridgehead atoms. The standard InChI is InChI=1S/C26H28N/c1-18-5-3-4-6-24(18)26-17-21(13-14-27(26)2)20-9-7-19(8-10-20)15-25-22-11-12-23(25)16-22/h3-10,13-14,17,22-23,25H,11-12,15-16H2,1-2H3/q+1/i15D2. The zero-order chi connectivity index (χ0) is 20.2. The first-order chi connectivity index (χ1) is 13.9. The monoisotopic (exact) mass is 356 g/mol. The smallest absolute Gasteiger partial charge is 0.201 e. The SMILES string of the molecule is [2H]C([2H])(c1ccc(-c2cc[n+](C)c(-c3ccccc3C)c2)cc1)C1C2CCC1C2. The zero-order valence-corrected chi connectivity index (χ0v) is 16.2. The molecule has 2 aromatic carbocycles. The molecule has 0 saturated heterocycles. The molecule has 1 nitrogen and oxygen atoms in total. The van der Waals surface area contributed by atoms with Crippen LogP contribution in [0.4, 0.5) is 0 Å². The second kappa shape index (κ2) is 6.64. The lowest BCUT2D eigenvalue weighted by Crippen LogP contribution is -2.30. The Labute approximate surface area is 165 Å². The van der Waals surface area contributed by atoms with Gasteiger partial charge < -0.3 is 0 Å². The number of aromatic nitrogens is 1. The first-order valence-corrected chi connectivity index (χ1v) is 10.1. The summed E-state index contributed by atoms with van der Waals surface area (Å²) in [5, 5.41) is 0. The minimum Gasteiger partial charge on any atom is -0.201 e. The predicted octanol–water partition coefficient (Wildman–Crippen LogP) is 5.74. The van der Waals surface area contributed by atoms with Gasteiger partial charge in [-0.3, -0.25) is 0 Å². The van der Waals surface area contributed by atoms with Crippen molar-refractivity contribution in [2.24, 2.45) is 24.8 Å². The lowest BCUT2D eigenvalue weighted by molar-refractivity contribution is -0.660.